The van der Waals surface area contributed by atoms with Crippen molar-refractivity contribution in [1.29, 1.82) is 0 Å². The Morgan fingerprint density at radius 3 is 2.51 bits per heavy atom. The molecular weight excluding hydrogens is 440 g/mol. The standard InChI is InChI=1S/C29H30N2O4/c1-18(2)35-28-12-11-22(21-8-6-7-20(13-21)19(3)33)15-26(28)29(34)31-24(17-32)14-23-16-30-27-10-5-4-9-25(23)27/h4-13,15-16,18,24,30,32H,14,17H2,1-3H3,(H,31,34)/t24-/m1/s1. The highest BCUT2D eigenvalue weighted by molar-refractivity contribution is 5.99. The van der Waals surface area contributed by atoms with Gasteiger partial charge in [0.2, 0.25) is 0 Å². The molecule has 6 nitrogen and oxygen atoms in total. The van der Waals surface area contributed by atoms with Crippen molar-refractivity contribution in [3.05, 3.63) is 89.6 Å². The molecule has 0 aliphatic rings. The first-order chi connectivity index (χ1) is 16.9. The van der Waals surface area contributed by atoms with Crippen LogP contribution < -0.4 is 10.1 Å². The van der Waals surface area contributed by atoms with Gasteiger partial charge in [-0.15, -0.1) is 0 Å². The highest BCUT2D eigenvalue weighted by Gasteiger charge is 2.20. The SMILES string of the molecule is CC(=O)c1cccc(-c2ccc(OC(C)C)c(C(=O)N[C@@H](CO)Cc3c[nH]c4ccccc34)c2)c1. The van der Waals surface area contributed by atoms with Crippen molar-refractivity contribution in [2.45, 2.75) is 39.3 Å². The first-order valence-corrected chi connectivity index (χ1v) is 11.7. The van der Waals surface area contributed by atoms with Crippen LogP contribution >= 0.6 is 0 Å². The number of ether oxygens (including phenoxy) is 1. The summed E-state index contributed by atoms with van der Waals surface area (Å²) in [7, 11) is 0. The number of rotatable bonds is 9. The molecule has 35 heavy (non-hydrogen) atoms. The Hall–Kier alpha value is -3.90. The third kappa shape index (κ3) is 5.61. The van der Waals surface area contributed by atoms with Gasteiger partial charge in [-0.3, -0.25) is 9.59 Å². The van der Waals surface area contributed by atoms with Gasteiger partial charge in [-0.05, 0) is 68.1 Å². The summed E-state index contributed by atoms with van der Waals surface area (Å²) in [5.41, 5.74) is 4.65. The van der Waals surface area contributed by atoms with Crippen molar-refractivity contribution in [3.8, 4) is 16.9 Å². The van der Waals surface area contributed by atoms with Crippen LogP contribution in [0.25, 0.3) is 22.0 Å². The van der Waals surface area contributed by atoms with Crippen LogP contribution in [-0.4, -0.2) is 40.5 Å². The van der Waals surface area contributed by atoms with Gasteiger partial charge in [0.25, 0.3) is 5.91 Å². The van der Waals surface area contributed by atoms with Gasteiger partial charge >= 0.3 is 0 Å². The number of amides is 1. The van der Waals surface area contributed by atoms with E-state index < -0.39 is 6.04 Å². The zero-order valence-corrected chi connectivity index (χ0v) is 20.2. The van der Waals surface area contributed by atoms with E-state index in [2.05, 4.69) is 10.3 Å². The summed E-state index contributed by atoms with van der Waals surface area (Å²) >= 11 is 0. The summed E-state index contributed by atoms with van der Waals surface area (Å²) in [5.74, 6) is 0.115. The minimum Gasteiger partial charge on any atom is -0.490 e. The fourth-order valence-corrected chi connectivity index (χ4v) is 4.15. The Kier molecular flexibility index (Phi) is 7.32. The molecule has 4 rings (SSSR count). The van der Waals surface area contributed by atoms with Crippen molar-refractivity contribution in [3.63, 3.8) is 0 Å². The summed E-state index contributed by atoms with van der Waals surface area (Å²) in [4.78, 5) is 28.5. The Morgan fingerprint density at radius 1 is 1.00 bits per heavy atom. The number of fused-ring (bicyclic) bond motifs is 1. The fraction of sp³-hybridized carbons (Fsp3) is 0.241. The number of aliphatic hydroxyl groups excluding tert-OH is 1. The highest BCUT2D eigenvalue weighted by atomic mass is 16.5. The maximum atomic E-state index is 13.4. The van der Waals surface area contributed by atoms with E-state index >= 15 is 0 Å². The molecule has 0 spiro atoms. The van der Waals surface area contributed by atoms with Crippen LogP contribution in [0.3, 0.4) is 0 Å². The molecule has 180 valence electrons. The zero-order chi connectivity index (χ0) is 24.9. The number of aromatic amines is 1. The molecule has 0 aliphatic carbocycles. The van der Waals surface area contributed by atoms with E-state index in [1.54, 1.807) is 18.2 Å². The molecule has 6 heteroatoms. The largest absolute Gasteiger partial charge is 0.490 e. The molecule has 3 aromatic carbocycles. The molecule has 1 heterocycles. The molecule has 1 atom stereocenters. The number of nitrogens with one attached hydrogen (secondary N) is 2. The molecule has 4 aromatic rings. The smallest absolute Gasteiger partial charge is 0.255 e. The number of ketones is 1. The number of carbonyl (C=O) groups excluding carboxylic acids is 2. The van der Waals surface area contributed by atoms with Gasteiger partial charge in [0.1, 0.15) is 5.75 Å². The number of carbonyl (C=O) groups is 2. The average molecular weight is 471 g/mol. The molecule has 0 fully saturated rings. The summed E-state index contributed by atoms with van der Waals surface area (Å²) in [6, 6.07) is 20.2. The lowest BCUT2D eigenvalue weighted by Crippen LogP contribution is -2.39. The van der Waals surface area contributed by atoms with Crippen LogP contribution in [0.15, 0.2) is 72.9 Å². The number of hydrogen-bond donors (Lipinski definition) is 3. The van der Waals surface area contributed by atoms with E-state index in [0.29, 0.717) is 23.3 Å². The third-order valence-electron chi connectivity index (χ3n) is 5.89. The number of benzene rings is 3. The maximum Gasteiger partial charge on any atom is 0.255 e. The van der Waals surface area contributed by atoms with E-state index in [4.69, 9.17) is 4.74 Å². The minimum absolute atomic E-state index is 0.0207. The quantitative estimate of drug-likeness (QED) is 0.295. The van der Waals surface area contributed by atoms with E-state index in [-0.39, 0.29) is 24.4 Å². The lowest BCUT2D eigenvalue weighted by molar-refractivity contribution is 0.0910. The number of para-hydroxylation sites is 1. The second-order valence-electron chi connectivity index (χ2n) is 8.93. The molecule has 0 unspecified atom stereocenters. The van der Waals surface area contributed by atoms with Gasteiger partial charge in [0, 0.05) is 22.7 Å². The van der Waals surface area contributed by atoms with Crippen LogP contribution in [0.2, 0.25) is 0 Å². The van der Waals surface area contributed by atoms with Crippen molar-refractivity contribution < 1.29 is 19.4 Å². The summed E-state index contributed by atoms with van der Waals surface area (Å²) in [5, 5.41) is 14.1. The van der Waals surface area contributed by atoms with Crippen LogP contribution in [0.5, 0.6) is 5.75 Å². The van der Waals surface area contributed by atoms with Crippen LogP contribution in [0, 0.1) is 0 Å². The Bertz CT molecular complexity index is 1360. The number of hydrogen-bond acceptors (Lipinski definition) is 4. The van der Waals surface area contributed by atoms with E-state index in [0.717, 1.165) is 27.6 Å². The monoisotopic (exact) mass is 470 g/mol. The van der Waals surface area contributed by atoms with Crippen LogP contribution in [0.1, 0.15) is 47.1 Å². The summed E-state index contributed by atoms with van der Waals surface area (Å²) < 4.78 is 5.92. The van der Waals surface area contributed by atoms with Crippen molar-refractivity contribution in [2.24, 2.45) is 0 Å². The van der Waals surface area contributed by atoms with E-state index in [1.165, 1.54) is 6.92 Å². The van der Waals surface area contributed by atoms with Crippen molar-refractivity contribution >= 4 is 22.6 Å². The molecule has 0 saturated heterocycles. The van der Waals surface area contributed by atoms with Gasteiger partial charge in [0.15, 0.2) is 5.78 Å². The molecule has 1 amide bonds. The summed E-state index contributed by atoms with van der Waals surface area (Å²) in [6.45, 7) is 5.13. The Morgan fingerprint density at radius 2 is 1.77 bits per heavy atom. The Balaban J connectivity index is 1.62. The third-order valence-corrected chi connectivity index (χ3v) is 5.89. The predicted octanol–water partition coefficient (Wildman–Crippen LogP) is 5.16. The topological polar surface area (TPSA) is 91.4 Å². The van der Waals surface area contributed by atoms with Crippen LogP contribution in [-0.2, 0) is 6.42 Å². The Labute approximate surface area is 205 Å². The van der Waals surface area contributed by atoms with Gasteiger partial charge in [-0.2, -0.15) is 0 Å². The number of aromatic nitrogens is 1. The van der Waals surface area contributed by atoms with Crippen molar-refractivity contribution in [1.82, 2.24) is 10.3 Å². The first kappa shape index (κ1) is 24.2. The molecule has 0 radical (unpaired) electrons. The molecule has 3 N–H and O–H groups in total. The molecular formula is C29H30N2O4. The van der Waals surface area contributed by atoms with E-state index in [9.17, 15) is 14.7 Å². The lowest BCUT2D eigenvalue weighted by atomic mass is 9.99. The molecule has 0 saturated carbocycles. The fourth-order valence-electron chi connectivity index (χ4n) is 4.15. The minimum atomic E-state index is -0.474. The van der Waals surface area contributed by atoms with Gasteiger partial charge in [-0.1, -0.05) is 42.5 Å². The first-order valence-electron chi connectivity index (χ1n) is 11.7. The number of Topliss-reactive ketones (excluding diaryl/α,β-unsaturated/α-hetero) is 1. The predicted molar refractivity (Wildman–Crippen MR) is 138 cm³/mol. The zero-order valence-electron chi connectivity index (χ0n) is 20.2. The lowest BCUT2D eigenvalue weighted by Gasteiger charge is -2.19. The van der Waals surface area contributed by atoms with Crippen molar-refractivity contribution in [2.75, 3.05) is 6.61 Å². The normalized spacial score (nSPS) is 12.0. The highest BCUT2D eigenvalue weighted by Crippen LogP contribution is 2.29. The molecule has 0 bridgehead atoms. The summed E-state index contributed by atoms with van der Waals surface area (Å²) in [6.07, 6.45) is 2.27. The maximum absolute atomic E-state index is 13.4. The van der Waals surface area contributed by atoms with E-state index in [1.807, 2.05) is 68.6 Å². The molecule has 0 aliphatic heterocycles. The van der Waals surface area contributed by atoms with Gasteiger partial charge in [-0.25, -0.2) is 0 Å². The number of aliphatic hydroxyl groups is 1. The van der Waals surface area contributed by atoms with Crippen LogP contribution in [0.4, 0.5) is 0 Å². The van der Waals surface area contributed by atoms with Gasteiger partial charge in [0.05, 0.1) is 24.3 Å². The van der Waals surface area contributed by atoms with Gasteiger partial charge < -0.3 is 20.1 Å². The second kappa shape index (κ2) is 10.6. The number of H-pyrrole nitrogens is 1. The second-order valence-corrected chi connectivity index (χ2v) is 8.93. The molecule has 1 aromatic heterocycles. The average Bonchev–Trinajstić information content (AvgIpc) is 3.26.